The van der Waals surface area contributed by atoms with E-state index in [4.69, 9.17) is 10.5 Å². The fourth-order valence-corrected chi connectivity index (χ4v) is 3.35. The number of nitrogens with two attached hydrogens (primary N) is 1. The normalized spacial score (nSPS) is 25.1. The van der Waals surface area contributed by atoms with Crippen molar-refractivity contribution >= 4 is 5.91 Å². The Kier molecular flexibility index (Phi) is 5.81. The van der Waals surface area contributed by atoms with Gasteiger partial charge < -0.3 is 15.8 Å². The molecule has 2 saturated heterocycles. The van der Waals surface area contributed by atoms with Crippen molar-refractivity contribution in [1.82, 2.24) is 10.2 Å². The third-order valence-corrected chi connectivity index (χ3v) is 4.57. The number of amides is 1. The van der Waals surface area contributed by atoms with Crippen molar-refractivity contribution in [3.8, 4) is 0 Å². The van der Waals surface area contributed by atoms with E-state index >= 15 is 0 Å². The van der Waals surface area contributed by atoms with Crippen LogP contribution in [0.4, 0.5) is 0 Å². The zero-order valence-electron chi connectivity index (χ0n) is 12.7. The number of piperidine rings is 1. The van der Waals surface area contributed by atoms with E-state index in [1.54, 1.807) is 0 Å². The molecular weight excluding hydrogens is 254 g/mol. The lowest BCUT2D eigenvalue weighted by molar-refractivity contribution is -0.122. The number of ether oxygens (including phenoxy) is 1. The van der Waals surface area contributed by atoms with Crippen LogP contribution in [0.15, 0.2) is 0 Å². The van der Waals surface area contributed by atoms with Crippen LogP contribution < -0.4 is 11.1 Å². The summed E-state index contributed by atoms with van der Waals surface area (Å²) in [5.41, 5.74) is 5.79. The minimum absolute atomic E-state index is 0.0721. The van der Waals surface area contributed by atoms with Gasteiger partial charge in [0.15, 0.2) is 0 Å². The molecular formula is C15H29N3O2. The Morgan fingerprint density at radius 2 is 1.95 bits per heavy atom. The second-order valence-electron chi connectivity index (χ2n) is 6.34. The van der Waals surface area contributed by atoms with Crippen LogP contribution in [-0.2, 0) is 9.53 Å². The third-order valence-electron chi connectivity index (χ3n) is 4.57. The van der Waals surface area contributed by atoms with Crippen molar-refractivity contribution in [1.29, 1.82) is 0 Å². The van der Waals surface area contributed by atoms with Gasteiger partial charge in [0.05, 0.1) is 0 Å². The molecule has 0 aromatic heterocycles. The average Bonchev–Trinajstić information content (AvgIpc) is 2.46. The van der Waals surface area contributed by atoms with E-state index in [0.717, 1.165) is 45.7 Å². The molecule has 2 fully saturated rings. The highest BCUT2D eigenvalue weighted by atomic mass is 16.5. The summed E-state index contributed by atoms with van der Waals surface area (Å²) >= 11 is 0. The number of carbonyl (C=O) groups is 1. The van der Waals surface area contributed by atoms with Gasteiger partial charge in [-0.3, -0.25) is 9.69 Å². The zero-order valence-corrected chi connectivity index (χ0v) is 12.7. The van der Waals surface area contributed by atoms with Crippen LogP contribution in [0.25, 0.3) is 0 Å². The Morgan fingerprint density at radius 3 is 2.55 bits per heavy atom. The van der Waals surface area contributed by atoms with Crippen LogP contribution in [0.5, 0.6) is 0 Å². The van der Waals surface area contributed by atoms with Gasteiger partial charge in [-0.05, 0) is 45.7 Å². The molecule has 1 amide bonds. The van der Waals surface area contributed by atoms with E-state index in [1.165, 1.54) is 19.3 Å². The molecule has 1 atom stereocenters. The topological polar surface area (TPSA) is 67.6 Å². The summed E-state index contributed by atoms with van der Waals surface area (Å²) < 4.78 is 5.53. The van der Waals surface area contributed by atoms with Gasteiger partial charge in [-0.15, -0.1) is 0 Å². The number of nitrogens with one attached hydrogen (secondary N) is 1. The summed E-state index contributed by atoms with van der Waals surface area (Å²) in [6, 6.07) is -0.0735. The summed E-state index contributed by atoms with van der Waals surface area (Å²) in [5, 5.41) is 3.11. The predicted molar refractivity (Wildman–Crippen MR) is 79.5 cm³/mol. The first-order valence-corrected chi connectivity index (χ1v) is 7.97. The first-order chi connectivity index (χ1) is 9.62. The molecule has 2 aliphatic rings. The molecule has 0 radical (unpaired) electrons. The predicted octanol–water partition coefficient (Wildman–Crippen LogP) is 0.875. The van der Waals surface area contributed by atoms with Crippen LogP contribution >= 0.6 is 0 Å². The molecule has 0 spiro atoms. The summed E-state index contributed by atoms with van der Waals surface area (Å²) in [4.78, 5) is 14.5. The van der Waals surface area contributed by atoms with E-state index in [0.29, 0.717) is 6.42 Å². The molecule has 2 rings (SSSR count). The highest BCUT2D eigenvalue weighted by molar-refractivity contribution is 5.76. The molecule has 0 bridgehead atoms. The highest BCUT2D eigenvalue weighted by Gasteiger charge is 2.39. The first-order valence-electron chi connectivity index (χ1n) is 7.97. The second-order valence-corrected chi connectivity index (χ2v) is 6.34. The van der Waals surface area contributed by atoms with E-state index in [-0.39, 0.29) is 17.5 Å². The average molecular weight is 283 g/mol. The Hall–Kier alpha value is -0.650. The van der Waals surface area contributed by atoms with Gasteiger partial charge in [0.25, 0.3) is 0 Å². The van der Waals surface area contributed by atoms with Crippen molar-refractivity contribution < 1.29 is 9.53 Å². The van der Waals surface area contributed by atoms with Gasteiger partial charge in [0, 0.05) is 37.8 Å². The van der Waals surface area contributed by atoms with Crippen molar-refractivity contribution in [3.05, 3.63) is 0 Å². The van der Waals surface area contributed by atoms with Crippen molar-refractivity contribution in [2.75, 3.05) is 32.8 Å². The molecule has 20 heavy (non-hydrogen) atoms. The van der Waals surface area contributed by atoms with Gasteiger partial charge >= 0.3 is 0 Å². The SMILES string of the molecule is CC(N)CC(=O)NCC1(N2CCCCC2)CCOCC1. The fourth-order valence-electron chi connectivity index (χ4n) is 3.35. The lowest BCUT2D eigenvalue weighted by Gasteiger charge is -2.48. The number of rotatable bonds is 5. The minimum Gasteiger partial charge on any atom is -0.381 e. The lowest BCUT2D eigenvalue weighted by atomic mass is 9.86. The Labute approximate surface area is 122 Å². The number of carbonyl (C=O) groups excluding carboxylic acids is 1. The van der Waals surface area contributed by atoms with E-state index in [1.807, 2.05) is 6.92 Å². The number of hydrogen-bond donors (Lipinski definition) is 2. The van der Waals surface area contributed by atoms with Gasteiger partial charge in [-0.2, -0.15) is 0 Å². The maximum Gasteiger partial charge on any atom is 0.221 e. The van der Waals surface area contributed by atoms with Crippen LogP contribution in [-0.4, -0.2) is 55.2 Å². The van der Waals surface area contributed by atoms with Crippen molar-refractivity contribution in [2.45, 2.75) is 57.0 Å². The highest BCUT2D eigenvalue weighted by Crippen LogP contribution is 2.30. The number of hydrogen-bond acceptors (Lipinski definition) is 4. The first kappa shape index (κ1) is 15.7. The molecule has 2 aliphatic heterocycles. The summed E-state index contributed by atoms with van der Waals surface area (Å²) in [6.45, 7) is 6.53. The Bertz CT molecular complexity index is 308. The summed E-state index contributed by atoms with van der Waals surface area (Å²) in [5.74, 6) is 0.0721. The maximum absolute atomic E-state index is 11.9. The van der Waals surface area contributed by atoms with Gasteiger partial charge in [0.2, 0.25) is 5.91 Å². The molecule has 3 N–H and O–H groups in total. The van der Waals surface area contributed by atoms with Crippen molar-refractivity contribution in [2.24, 2.45) is 5.73 Å². The summed E-state index contributed by atoms with van der Waals surface area (Å²) in [7, 11) is 0. The van der Waals surface area contributed by atoms with Crippen molar-refractivity contribution in [3.63, 3.8) is 0 Å². The summed E-state index contributed by atoms with van der Waals surface area (Å²) in [6.07, 6.45) is 6.33. The fraction of sp³-hybridized carbons (Fsp3) is 0.933. The van der Waals surface area contributed by atoms with Gasteiger partial charge in [-0.25, -0.2) is 0 Å². The molecule has 0 aliphatic carbocycles. The molecule has 116 valence electrons. The maximum atomic E-state index is 11.9. The standard InChI is InChI=1S/C15H29N3O2/c1-13(16)11-14(19)17-12-15(5-9-20-10-6-15)18-7-3-2-4-8-18/h13H,2-12,16H2,1H3,(H,17,19). The molecule has 0 saturated carbocycles. The zero-order chi connectivity index (χ0) is 14.4. The van der Waals surface area contributed by atoms with Gasteiger partial charge in [-0.1, -0.05) is 6.42 Å². The third kappa shape index (κ3) is 4.17. The molecule has 5 nitrogen and oxygen atoms in total. The quantitative estimate of drug-likeness (QED) is 0.786. The molecule has 0 aromatic rings. The van der Waals surface area contributed by atoms with E-state index < -0.39 is 0 Å². The largest absolute Gasteiger partial charge is 0.381 e. The smallest absolute Gasteiger partial charge is 0.221 e. The number of nitrogens with zero attached hydrogens (tertiary/aromatic N) is 1. The van der Waals surface area contributed by atoms with E-state index in [9.17, 15) is 4.79 Å². The van der Waals surface area contributed by atoms with Crippen LogP contribution in [0.1, 0.15) is 45.4 Å². The lowest BCUT2D eigenvalue weighted by Crippen LogP contribution is -2.59. The monoisotopic (exact) mass is 283 g/mol. The number of likely N-dealkylation sites (tertiary alicyclic amines) is 1. The van der Waals surface area contributed by atoms with Crippen LogP contribution in [0, 0.1) is 0 Å². The molecule has 5 heteroatoms. The van der Waals surface area contributed by atoms with Gasteiger partial charge in [0.1, 0.15) is 0 Å². The van der Waals surface area contributed by atoms with E-state index in [2.05, 4.69) is 10.2 Å². The minimum atomic E-state index is -0.0735. The molecule has 0 aromatic carbocycles. The molecule has 2 heterocycles. The van der Waals surface area contributed by atoms with Crippen LogP contribution in [0.3, 0.4) is 0 Å². The Morgan fingerprint density at radius 1 is 1.30 bits per heavy atom. The molecule has 1 unspecified atom stereocenters. The van der Waals surface area contributed by atoms with Crippen LogP contribution in [0.2, 0.25) is 0 Å². The Balaban J connectivity index is 1.94. The second kappa shape index (κ2) is 7.38.